The number of benzene rings is 2. The first-order valence-corrected chi connectivity index (χ1v) is 10.1. The maximum atomic E-state index is 14.0. The third kappa shape index (κ3) is 4.32. The van der Waals surface area contributed by atoms with E-state index in [-0.39, 0.29) is 12.0 Å². The van der Waals surface area contributed by atoms with Crippen LogP contribution in [-0.2, 0) is 11.3 Å². The summed E-state index contributed by atoms with van der Waals surface area (Å²) in [5.74, 6) is -0.962. The van der Waals surface area contributed by atoms with Crippen molar-refractivity contribution in [3.8, 4) is 5.75 Å². The first kappa shape index (κ1) is 20.8. The lowest BCUT2D eigenvalue weighted by Gasteiger charge is -2.35. The fourth-order valence-electron chi connectivity index (χ4n) is 4.64. The molecule has 1 saturated carbocycles. The van der Waals surface area contributed by atoms with Gasteiger partial charge in [0.25, 0.3) is 0 Å². The van der Waals surface area contributed by atoms with Crippen molar-refractivity contribution in [2.45, 2.75) is 31.6 Å². The minimum Gasteiger partial charge on any atom is -0.488 e. The van der Waals surface area contributed by atoms with Crippen molar-refractivity contribution in [1.29, 1.82) is 0 Å². The van der Waals surface area contributed by atoms with E-state index in [2.05, 4.69) is 4.90 Å². The van der Waals surface area contributed by atoms with Gasteiger partial charge in [-0.1, -0.05) is 18.2 Å². The predicted octanol–water partition coefficient (Wildman–Crippen LogP) is 3.40. The zero-order valence-electron chi connectivity index (χ0n) is 16.8. The minimum absolute atomic E-state index is 0.290. The normalized spacial score (nSPS) is 26.3. The molecule has 160 valence electrons. The van der Waals surface area contributed by atoms with E-state index in [9.17, 15) is 18.7 Å². The van der Waals surface area contributed by atoms with E-state index < -0.39 is 23.7 Å². The number of halogens is 2. The summed E-state index contributed by atoms with van der Waals surface area (Å²) in [6.45, 7) is 1.83. The summed E-state index contributed by atoms with van der Waals surface area (Å²) >= 11 is 0. The Bertz CT molecular complexity index is 922. The molecule has 4 atom stereocenters. The maximum Gasteiger partial charge on any atom is 0.337 e. The minimum atomic E-state index is -0.831. The Kier molecular flexibility index (Phi) is 6.01. The lowest BCUT2D eigenvalue weighted by Crippen LogP contribution is -2.42. The highest BCUT2D eigenvalue weighted by atomic mass is 19.2. The number of likely N-dealkylation sites (tertiary alicyclic amines) is 1. The number of fused-ring (bicyclic) bond motifs is 1. The van der Waals surface area contributed by atoms with Gasteiger partial charge >= 0.3 is 5.97 Å². The van der Waals surface area contributed by atoms with Crippen molar-refractivity contribution >= 4 is 5.97 Å². The first-order chi connectivity index (χ1) is 14.4. The SMILES string of the molecule is COC(=O)c1cccc(O[C@@H]2C[C@@H]3CN(Cc4cccc(F)c4F)C[C@@H]3C[C@H]2O)c1. The number of ether oxygens (including phenoxy) is 2. The molecule has 2 aromatic carbocycles. The van der Waals surface area contributed by atoms with E-state index in [4.69, 9.17) is 9.47 Å². The standard InChI is InChI=1S/C23H25F2NO4/c1-29-23(28)14-4-2-6-18(8-14)30-21-10-17-13-26(12-16(17)9-20(21)27)11-15-5-3-7-19(24)22(15)25/h2-8,16-17,20-21,27H,9-13H2,1H3/t16-,17+,20+,21+/m0/s1. The van der Waals surface area contributed by atoms with Gasteiger partial charge in [-0.3, -0.25) is 4.90 Å². The highest BCUT2D eigenvalue weighted by molar-refractivity contribution is 5.89. The smallest absolute Gasteiger partial charge is 0.337 e. The number of nitrogens with zero attached hydrogens (tertiary/aromatic N) is 1. The van der Waals surface area contributed by atoms with Crippen LogP contribution in [0.25, 0.3) is 0 Å². The summed E-state index contributed by atoms with van der Waals surface area (Å²) in [5.41, 5.74) is 0.740. The Morgan fingerprint density at radius 1 is 1.13 bits per heavy atom. The molecule has 7 heteroatoms. The number of hydrogen-bond donors (Lipinski definition) is 1. The van der Waals surface area contributed by atoms with Gasteiger partial charge in [0, 0.05) is 25.2 Å². The number of carbonyl (C=O) groups is 1. The average molecular weight is 417 g/mol. The van der Waals surface area contributed by atoms with Crippen molar-refractivity contribution in [2.75, 3.05) is 20.2 Å². The van der Waals surface area contributed by atoms with E-state index in [1.165, 1.54) is 13.2 Å². The van der Waals surface area contributed by atoms with Crippen molar-refractivity contribution in [3.63, 3.8) is 0 Å². The topological polar surface area (TPSA) is 59.0 Å². The zero-order valence-corrected chi connectivity index (χ0v) is 16.8. The van der Waals surface area contributed by atoms with Crippen LogP contribution in [0.2, 0.25) is 0 Å². The lowest BCUT2D eigenvalue weighted by atomic mass is 9.78. The van der Waals surface area contributed by atoms with Gasteiger partial charge in [0.05, 0.1) is 18.8 Å². The predicted molar refractivity (Wildman–Crippen MR) is 106 cm³/mol. The molecular formula is C23H25F2NO4. The summed E-state index contributed by atoms with van der Waals surface area (Å²) in [7, 11) is 1.32. The highest BCUT2D eigenvalue weighted by Gasteiger charge is 2.42. The molecule has 0 amide bonds. The van der Waals surface area contributed by atoms with Crippen molar-refractivity contribution in [1.82, 2.24) is 4.90 Å². The highest BCUT2D eigenvalue weighted by Crippen LogP contribution is 2.38. The zero-order chi connectivity index (χ0) is 21.3. The molecule has 0 unspecified atom stereocenters. The van der Waals surface area contributed by atoms with Gasteiger partial charge in [-0.25, -0.2) is 13.6 Å². The molecule has 4 rings (SSSR count). The number of methoxy groups -OCH3 is 1. The quantitative estimate of drug-likeness (QED) is 0.756. The first-order valence-electron chi connectivity index (χ1n) is 10.1. The third-order valence-electron chi connectivity index (χ3n) is 6.13. The molecule has 5 nitrogen and oxygen atoms in total. The fourth-order valence-corrected chi connectivity index (χ4v) is 4.64. The van der Waals surface area contributed by atoms with Gasteiger partial charge in [-0.05, 0) is 48.9 Å². The fraction of sp³-hybridized carbons (Fsp3) is 0.435. The van der Waals surface area contributed by atoms with E-state index in [1.807, 2.05) is 0 Å². The Labute approximate surface area is 174 Å². The molecular weight excluding hydrogens is 392 g/mol. The summed E-state index contributed by atoms with van der Waals surface area (Å²) in [4.78, 5) is 13.8. The van der Waals surface area contributed by atoms with E-state index in [1.54, 1.807) is 30.3 Å². The van der Waals surface area contributed by atoms with Gasteiger partial charge in [-0.2, -0.15) is 0 Å². The molecule has 1 N–H and O–H groups in total. The molecule has 1 saturated heterocycles. The molecule has 2 fully saturated rings. The van der Waals surface area contributed by atoms with Gasteiger partial charge in [0.2, 0.25) is 0 Å². The second-order valence-electron chi connectivity index (χ2n) is 8.14. The average Bonchev–Trinajstić information content (AvgIpc) is 3.12. The number of hydrogen-bond acceptors (Lipinski definition) is 5. The van der Waals surface area contributed by atoms with E-state index in [0.717, 1.165) is 19.2 Å². The Morgan fingerprint density at radius 3 is 2.63 bits per heavy atom. The largest absolute Gasteiger partial charge is 0.488 e. The summed E-state index contributed by atoms with van der Waals surface area (Å²) in [6.07, 6.45) is 0.244. The van der Waals surface area contributed by atoms with Crippen molar-refractivity contribution < 1.29 is 28.2 Å². The molecule has 0 spiro atoms. The van der Waals surface area contributed by atoms with Crippen LogP contribution in [0.15, 0.2) is 42.5 Å². The summed E-state index contributed by atoms with van der Waals surface area (Å²) in [5, 5.41) is 10.6. The van der Waals surface area contributed by atoms with E-state index >= 15 is 0 Å². The molecule has 2 aromatic rings. The lowest BCUT2D eigenvalue weighted by molar-refractivity contribution is -0.0231. The molecule has 0 radical (unpaired) electrons. The molecule has 1 aliphatic heterocycles. The Balaban J connectivity index is 1.40. The van der Waals surface area contributed by atoms with Crippen molar-refractivity contribution in [2.24, 2.45) is 11.8 Å². The monoisotopic (exact) mass is 417 g/mol. The number of rotatable bonds is 5. The Hall–Kier alpha value is -2.51. The maximum absolute atomic E-state index is 14.0. The second kappa shape index (κ2) is 8.70. The van der Waals surface area contributed by atoms with Gasteiger partial charge < -0.3 is 14.6 Å². The van der Waals surface area contributed by atoms with Crippen LogP contribution >= 0.6 is 0 Å². The van der Waals surface area contributed by atoms with Crippen LogP contribution in [0.1, 0.15) is 28.8 Å². The van der Waals surface area contributed by atoms with Crippen LogP contribution in [-0.4, -0.2) is 48.4 Å². The Morgan fingerprint density at radius 2 is 1.87 bits per heavy atom. The van der Waals surface area contributed by atoms with Crippen molar-refractivity contribution in [3.05, 3.63) is 65.2 Å². The van der Waals surface area contributed by atoms with Crippen LogP contribution in [0.5, 0.6) is 5.75 Å². The second-order valence-corrected chi connectivity index (χ2v) is 8.14. The van der Waals surface area contributed by atoms with E-state index in [0.29, 0.717) is 42.2 Å². The number of carbonyl (C=O) groups excluding carboxylic acids is 1. The van der Waals surface area contributed by atoms with Gasteiger partial charge in [-0.15, -0.1) is 0 Å². The summed E-state index contributed by atoms with van der Waals surface area (Å²) in [6, 6.07) is 11.0. The molecule has 2 aliphatic rings. The van der Waals surface area contributed by atoms with Gasteiger partial charge in [0.15, 0.2) is 11.6 Å². The molecule has 0 bridgehead atoms. The molecule has 30 heavy (non-hydrogen) atoms. The van der Waals surface area contributed by atoms with Crippen LogP contribution in [0.3, 0.4) is 0 Å². The molecule has 1 heterocycles. The van der Waals surface area contributed by atoms with Crippen LogP contribution in [0.4, 0.5) is 8.78 Å². The van der Waals surface area contributed by atoms with Crippen LogP contribution < -0.4 is 4.74 Å². The summed E-state index contributed by atoms with van der Waals surface area (Å²) < 4.78 is 38.2. The molecule has 0 aromatic heterocycles. The van der Waals surface area contributed by atoms with Crippen LogP contribution in [0, 0.1) is 23.5 Å². The third-order valence-corrected chi connectivity index (χ3v) is 6.13. The number of aliphatic hydroxyl groups is 1. The number of aliphatic hydroxyl groups excluding tert-OH is 1. The number of esters is 1. The van der Waals surface area contributed by atoms with Gasteiger partial charge in [0.1, 0.15) is 11.9 Å². The molecule has 1 aliphatic carbocycles.